The first-order valence-electron chi connectivity index (χ1n) is 5.95. The van der Waals surface area contributed by atoms with Gasteiger partial charge < -0.3 is 11.1 Å². The Labute approximate surface area is 117 Å². The summed E-state index contributed by atoms with van der Waals surface area (Å²) in [6.45, 7) is 1.90. The van der Waals surface area contributed by atoms with Crippen LogP contribution in [0.5, 0.6) is 0 Å². The molecule has 0 unspecified atom stereocenters. The fourth-order valence-electron chi connectivity index (χ4n) is 1.85. The molecule has 0 aliphatic rings. The van der Waals surface area contributed by atoms with E-state index in [0.717, 1.165) is 16.8 Å². The summed E-state index contributed by atoms with van der Waals surface area (Å²) in [5, 5.41) is 3.53. The van der Waals surface area contributed by atoms with Crippen LogP contribution in [0.4, 0.5) is 11.4 Å². The summed E-state index contributed by atoms with van der Waals surface area (Å²) >= 11 is 5.87. The van der Waals surface area contributed by atoms with Gasteiger partial charge in [0.15, 0.2) is 0 Å². The number of carbonyl (C=O) groups is 1. The van der Waals surface area contributed by atoms with Crippen LogP contribution in [0.15, 0.2) is 42.5 Å². The smallest absolute Gasteiger partial charge is 0.228 e. The van der Waals surface area contributed by atoms with E-state index in [2.05, 4.69) is 5.32 Å². The lowest BCUT2D eigenvalue weighted by Gasteiger charge is -2.09. The van der Waals surface area contributed by atoms with Gasteiger partial charge in [-0.05, 0) is 48.4 Å². The van der Waals surface area contributed by atoms with Gasteiger partial charge in [0.1, 0.15) is 0 Å². The number of carbonyl (C=O) groups excluding carboxylic acids is 1. The molecule has 3 N–H and O–H groups in total. The van der Waals surface area contributed by atoms with E-state index in [0.29, 0.717) is 17.1 Å². The minimum atomic E-state index is -0.0731. The SMILES string of the molecule is Cc1cc(Cl)ccc1NC(=O)Cc1cccc(N)c1. The highest BCUT2D eigenvalue weighted by molar-refractivity contribution is 6.30. The maximum atomic E-state index is 11.9. The molecular formula is C15H15ClN2O. The molecule has 0 saturated carbocycles. The van der Waals surface area contributed by atoms with Crippen LogP contribution < -0.4 is 11.1 Å². The van der Waals surface area contributed by atoms with Gasteiger partial charge in [0, 0.05) is 16.4 Å². The first-order chi connectivity index (χ1) is 9.04. The lowest BCUT2D eigenvalue weighted by molar-refractivity contribution is -0.115. The second-order valence-electron chi connectivity index (χ2n) is 4.43. The fraction of sp³-hybridized carbons (Fsp3) is 0.133. The maximum absolute atomic E-state index is 11.9. The largest absolute Gasteiger partial charge is 0.399 e. The van der Waals surface area contributed by atoms with Gasteiger partial charge in [0.05, 0.1) is 6.42 Å². The second-order valence-corrected chi connectivity index (χ2v) is 4.87. The lowest BCUT2D eigenvalue weighted by Crippen LogP contribution is -2.15. The highest BCUT2D eigenvalue weighted by Gasteiger charge is 2.06. The summed E-state index contributed by atoms with van der Waals surface area (Å²) in [7, 11) is 0. The van der Waals surface area contributed by atoms with E-state index >= 15 is 0 Å². The number of rotatable bonds is 3. The van der Waals surface area contributed by atoms with Crippen LogP contribution in [0.1, 0.15) is 11.1 Å². The predicted molar refractivity (Wildman–Crippen MR) is 79.4 cm³/mol. The highest BCUT2D eigenvalue weighted by Crippen LogP contribution is 2.19. The molecule has 0 fully saturated rings. The van der Waals surface area contributed by atoms with Gasteiger partial charge in [-0.3, -0.25) is 4.79 Å². The number of nitrogens with one attached hydrogen (secondary N) is 1. The van der Waals surface area contributed by atoms with Crippen molar-refractivity contribution in [2.75, 3.05) is 11.1 Å². The predicted octanol–water partition coefficient (Wildman–Crippen LogP) is 3.41. The third-order valence-corrected chi connectivity index (χ3v) is 3.01. The summed E-state index contributed by atoms with van der Waals surface area (Å²) < 4.78 is 0. The number of halogens is 1. The van der Waals surface area contributed by atoms with Crippen LogP contribution in [-0.4, -0.2) is 5.91 Å². The number of benzene rings is 2. The first-order valence-corrected chi connectivity index (χ1v) is 6.33. The molecule has 0 aliphatic heterocycles. The minimum Gasteiger partial charge on any atom is -0.399 e. The van der Waals surface area contributed by atoms with Gasteiger partial charge in [-0.15, -0.1) is 0 Å². The molecule has 0 saturated heterocycles. The second kappa shape index (κ2) is 5.76. The molecule has 98 valence electrons. The first kappa shape index (κ1) is 13.4. The van der Waals surface area contributed by atoms with E-state index in [4.69, 9.17) is 17.3 Å². The summed E-state index contributed by atoms with van der Waals surface area (Å²) in [6, 6.07) is 12.7. The lowest BCUT2D eigenvalue weighted by atomic mass is 10.1. The highest BCUT2D eigenvalue weighted by atomic mass is 35.5. The zero-order valence-electron chi connectivity index (χ0n) is 10.6. The Morgan fingerprint density at radius 3 is 2.74 bits per heavy atom. The molecule has 0 radical (unpaired) electrons. The zero-order valence-corrected chi connectivity index (χ0v) is 11.4. The molecule has 3 nitrogen and oxygen atoms in total. The van der Waals surface area contributed by atoms with E-state index in [9.17, 15) is 4.79 Å². The van der Waals surface area contributed by atoms with Crippen molar-refractivity contribution >= 4 is 28.9 Å². The number of amides is 1. The van der Waals surface area contributed by atoms with Gasteiger partial charge in [0.25, 0.3) is 0 Å². The Morgan fingerprint density at radius 2 is 2.05 bits per heavy atom. The monoisotopic (exact) mass is 274 g/mol. The number of hydrogen-bond acceptors (Lipinski definition) is 2. The van der Waals surface area contributed by atoms with Crippen molar-refractivity contribution in [2.24, 2.45) is 0 Å². The molecule has 0 spiro atoms. The Hall–Kier alpha value is -2.00. The average molecular weight is 275 g/mol. The third-order valence-electron chi connectivity index (χ3n) is 2.78. The molecule has 1 amide bonds. The Kier molecular flexibility index (Phi) is 4.07. The van der Waals surface area contributed by atoms with Crippen molar-refractivity contribution in [1.82, 2.24) is 0 Å². The van der Waals surface area contributed by atoms with Crippen molar-refractivity contribution < 1.29 is 4.79 Å². The molecule has 0 aromatic heterocycles. The molecule has 2 rings (SSSR count). The van der Waals surface area contributed by atoms with Crippen molar-refractivity contribution in [3.8, 4) is 0 Å². The average Bonchev–Trinajstić information content (AvgIpc) is 2.33. The quantitative estimate of drug-likeness (QED) is 0.843. The molecule has 0 bridgehead atoms. The summed E-state index contributed by atoms with van der Waals surface area (Å²) in [5.41, 5.74) is 8.95. The normalized spacial score (nSPS) is 10.2. The Morgan fingerprint density at radius 1 is 1.26 bits per heavy atom. The molecule has 2 aromatic rings. The Balaban J connectivity index is 2.05. The van der Waals surface area contributed by atoms with E-state index in [-0.39, 0.29) is 5.91 Å². The molecule has 0 atom stereocenters. The standard InChI is InChI=1S/C15H15ClN2O/c1-10-7-12(16)5-6-14(10)18-15(19)9-11-3-2-4-13(17)8-11/h2-8H,9,17H2,1H3,(H,18,19). The van der Waals surface area contributed by atoms with Gasteiger partial charge in [-0.2, -0.15) is 0 Å². The van der Waals surface area contributed by atoms with Crippen molar-refractivity contribution in [3.05, 3.63) is 58.6 Å². The molecule has 0 aliphatic carbocycles. The number of aryl methyl sites for hydroxylation is 1. The van der Waals surface area contributed by atoms with Crippen molar-refractivity contribution in [1.29, 1.82) is 0 Å². The van der Waals surface area contributed by atoms with Crippen LogP contribution in [0.2, 0.25) is 5.02 Å². The number of hydrogen-bond donors (Lipinski definition) is 2. The zero-order chi connectivity index (χ0) is 13.8. The molecule has 0 heterocycles. The van der Waals surface area contributed by atoms with Crippen LogP contribution in [-0.2, 0) is 11.2 Å². The van der Waals surface area contributed by atoms with Crippen LogP contribution >= 0.6 is 11.6 Å². The summed E-state index contributed by atoms with van der Waals surface area (Å²) in [6.07, 6.45) is 0.299. The molecule has 4 heteroatoms. The van der Waals surface area contributed by atoms with Crippen molar-refractivity contribution in [3.63, 3.8) is 0 Å². The Bertz CT molecular complexity index is 611. The summed E-state index contributed by atoms with van der Waals surface area (Å²) in [4.78, 5) is 11.9. The number of nitrogens with two attached hydrogens (primary N) is 1. The topological polar surface area (TPSA) is 55.1 Å². The summed E-state index contributed by atoms with van der Waals surface area (Å²) in [5.74, 6) is -0.0731. The minimum absolute atomic E-state index is 0.0731. The molecule has 2 aromatic carbocycles. The van der Waals surface area contributed by atoms with Crippen LogP contribution in [0.25, 0.3) is 0 Å². The van der Waals surface area contributed by atoms with E-state index in [1.165, 1.54) is 0 Å². The van der Waals surface area contributed by atoms with Gasteiger partial charge >= 0.3 is 0 Å². The third kappa shape index (κ3) is 3.73. The van der Waals surface area contributed by atoms with Crippen LogP contribution in [0.3, 0.4) is 0 Å². The van der Waals surface area contributed by atoms with Crippen LogP contribution in [0, 0.1) is 6.92 Å². The van der Waals surface area contributed by atoms with E-state index < -0.39 is 0 Å². The van der Waals surface area contributed by atoms with E-state index in [1.807, 2.05) is 25.1 Å². The molecule has 19 heavy (non-hydrogen) atoms. The molecular weight excluding hydrogens is 260 g/mol. The number of nitrogen functional groups attached to an aromatic ring is 1. The fourth-order valence-corrected chi connectivity index (χ4v) is 2.08. The van der Waals surface area contributed by atoms with Gasteiger partial charge in [-0.25, -0.2) is 0 Å². The van der Waals surface area contributed by atoms with Gasteiger partial charge in [-0.1, -0.05) is 23.7 Å². The van der Waals surface area contributed by atoms with Crippen molar-refractivity contribution in [2.45, 2.75) is 13.3 Å². The number of anilines is 2. The van der Waals surface area contributed by atoms with Gasteiger partial charge in [0.2, 0.25) is 5.91 Å². The maximum Gasteiger partial charge on any atom is 0.228 e. The van der Waals surface area contributed by atoms with E-state index in [1.54, 1.807) is 24.3 Å².